The van der Waals surface area contributed by atoms with Crippen LogP contribution in [-0.4, -0.2) is 88.2 Å². The van der Waals surface area contributed by atoms with E-state index in [1.807, 2.05) is 0 Å². The number of nitrogens with one attached hydrogen (secondary N) is 3. The number of amides is 3. The molecule has 0 saturated heterocycles. The second kappa shape index (κ2) is 17.2. The maximum Gasteiger partial charge on any atom is 0.326 e. The smallest absolute Gasteiger partial charge is 0.326 e. The van der Waals surface area contributed by atoms with Gasteiger partial charge in [0.2, 0.25) is 17.7 Å². The first-order valence-electron chi connectivity index (χ1n) is 11.2. The molecule has 35 heavy (non-hydrogen) atoms. The zero-order valence-electron chi connectivity index (χ0n) is 19.4. The summed E-state index contributed by atoms with van der Waals surface area (Å²) in [5, 5.41) is 34.0. The molecule has 0 aliphatic heterocycles. The van der Waals surface area contributed by atoms with Crippen molar-refractivity contribution in [2.24, 2.45) is 17.2 Å². The molecule has 4 atom stereocenters. The molecule has 0 bridgehead atoms. The molecule has 4 unspecified atom stereocenters. The summed E-state index contributed by atoms with van der Waals surface area (Å²) in [6.07, 6.45) is 0.473. The molecule has 0 fully saturated rings. The van der Waals surface area contributed by atoms with Crippen LogP contribution in [0.25, 0.3) is 0 Å². The lowest BCUT2D eigenvalue weighted by Gasteiger charge is -2.24. The van der Waals surface area contributed by atoms with Gasteiger partial charge in [-0.3, -0.25) is 24.0 Å². The highest BCUT2D eigenvalue weighted by Gasteiger charge is 2.32. The zero-order chi connectivity index (χ0) is 27.0. The molecule has 0 aromatic heterocycles. The third kappa shape index (κ3) is 13.9. The normalized spacial score (nSPS) is 14.1. The minimum absolute atomic E-state index is 0.0196. The number of unbranched alkanes of at least 4 members (excludes halogenated alkanes) is 2. The van der Waals surface area contributed by atoms with Crippen molar-refractivity contribution in [1.82, 2.24) is 16.0 Å². The summed E-state index contributed by atoms with van der Waals surface area (Å²) in [4.78, 5) is 71.4. The SMILES string of the molecule is NCCCCC(N)C(=O)NC(CC(=O)O)C(=O)NC(CC(=O)O)C(=O)NC(CCCCN)C(=O)O. The molecule has 200 valence electrons. The van der Waals surface area contributed by atoms with E-state index in [4.69, 9.17) is 27.4 Å². The van der Waals surface area contributed by atoms with Crippen molar-refractivity contribution in [3.8, 4) is 0 Å². The van der Waals surface area contributed by atoms with Gasteiger partial charge in [-0.1, -0.05) is 6.42 Å². The lowest BCUT2D eigenvalue weighted by Crippen LogP contribution is -2.57. The van der Waals surface area contributed by atoms with Crippen LogP contribution in [-0.2, 0) is 28.8 Å². The predicted octanol–water partition coefficient (Wildman–Crippen LogP) is -2.94. The lowest BCUT2D eigenvalue weighted by molar-refractivity contribution is -0.145. The molecule has 0 radical (unpaired) electrons. The summed E-state index contributed by atoms with van der Waals surface area (Å²) in [5.41, 5.74) is 16.5. The Bertz CT molecular complexity index is 749. The van der Waals surface area contributed by atoms with Crippen molar-refractivity contribution in [1.29, 1.82) is 0 Å². The van der Waals surface area contributed by atoms with Gasteiger partial charge in [0, 0.05) is 0 Å². The standard InChI is InChI=1S/C20H36N6O9/c21-7-3-1-5-11(23)17(31)25-13(9-15(27)28)19(33)26-14(10-16(29)30)18(32)24-12(20(34)35)6-2-4-8-22/h11-14H,1-10,21-23H2,(H,24,32)(H,25,31)(H,26,33)(H,27,28)(H,29,30)(H,34,35). The molecule has 0 saturated carbocycles. The summed E-state index contributed by atoms with van der Waals surface area (Å²) in [6.45, 7) is 0.701. The first kappa shape index (κ1) is 31.7. The number of carbonyl (C=O) groups excluding carboxylic acids is 3. The van der Waals surface area contributed by atoms with E-state index in [0.29, 0.717) is 38.8 Å². The molecule has 0 aromatic rings. The van der Waals surface area contributed by atoms with E-state index in [0.717, 1.165) is 0 Å². The second-order valence-corrected chi connectivity index (χ2v) is 7.89. The van der Waals surface area contributed by atoms with Crippen LogP contribution in [0.5, 0.6) is 0 Å². The van der Waals surface area contributed by atoms with Gasteiger partial charge in [-0.05, 0) is 45.2 Å². The highest BCUT2D eigenvalue weighted by atomic mass is 16.4. The molecule has 15 nitrogen and oxygen atoms in total. The molecule has 15 heteroatoms. The molecule has 0 aliphatic rings. The number of carbonyl (C=O) groups is 6. The van der Waals surface area contributed by atoms with Crippen molar-refractivity contribution < 1.29 is 44.1 Å². The number of rotatable bonds is 19. The lowest BCUT2D eigenvalue weighted by atomic mass is 10.1. The van der Waals surface area contributed by atoms with Crippen molar-refractivity contribution in [2.75, 3.05) is 13.1 Å². The number of nitrogens with two attached hydrogens (primary N) is 3. The van der Waals surface area contributed by atoms with Crippen LogP contribution in [0.1, 0.15) is 51.4 Å². The zero-order valence-corrected chi connectivity index (χ0v) is 19.4. The fourth-order valence-corrected chi connectivity index (χ4v) is 2.98. The molecular weight excluding hydrogens is 468 g/mol. The highest BCUT2D eigenvalue weighted by molar-refractivity contribution is 5.96. The number of carboxylic acids is 3. The third-order valence-electron chi connectivity index (χ3n) is 4.89. The van der Waals surface area contributed by atoms with Crippen LogP contribution in [0.15, 0.2) is 0 Å². The van der Waals surface area contributed by atoms with Gasteiger partial charge < -0.3 is 48.5 Å². The number of hydrogen-bond donors (Lipinski definition) is 9. The number of carboxylic acid groups (broad SMARTS) is 3. The number of aliphatic carboxylic acids is 3. The van der Waals surface area contributed by atoms with E-state index in [1.54, 1.807) is 0 Å². The Hall–Kier alpha value is -3.30. The quantitative estimate of drug-likeness (QED) is 0.0799. The summed E-state index contributed by atoms with van der Waals surface area (Å²) in [5.74, 6) is -7.36. The Balaban J connectivity index is 5.42. The average Bonchev–Trinajstić information content (AvgIpc) is 2.76. The van der Waals surface area contributed by atoms with Crippen LogP contribution >= 0.6 is 0 Å². The molecule has 12 N–H and O–H groups in total. The molecular formula is C20H36N6O9. The summed E-state index contributed by atoms with van der Waals surface area (Å²) in [6, 6.07) is -5.80. The van der Waals surface area contributed by atoms with Crippen LogP contribution in [0, 0.1) is 0 Å². The minimum atomic E-state index is -1.73. The van der Waals surface area contributed by atoms with Crippen LogP contribution in [0.4, 0.5) is 0 Å². The first-order chi connectivity index (χ1) is 16.4. The van der Waals surface area contributed by atoms with E-state index in [1.165, 1.54) is 0 Å². The fourth-order valence-electron chi connectivity index (χ4n) is 2.98. The average molecular weight is 505 g/mol. The van der Waals surface area contributed by atoms with Crippen LogP contribution in [0.3, 0.4) is 0 Å². The van der Waals surface area contributed by atoms with Gasteiger partial charge in [0.15, 0.2) is 0 Å². The van der Waals surface area contributed by atoms with E-state index in [-0.39, 0.29) is 12.8 Å². The van der Waals surface area contributed by atoms with E-state index in [9.17, 15) is 33.9 Å². The highest BCUT2D eigenvalue weighted by Crippen LogP contribution is 2.05. The molecule has 0 rings (SSSR count). The molecule has 0 spiro atoms. The summed E-state index contributed by atoms with van der Waals surface area (Å²) in [7, 11) is 0. The Labute approximate surface area is 202 Å². The predicted molar refractivity (Wildman–Crippen MR) is 122 cm³/mol. The van der Waals surface area contributed by atoms with Gasteiger partial charge in [-0.15, -0.1) is 0 Å². The summed E-state index contributed by atoms with van der Waals surface area (Å²) < 4.78 is 0. The Morgan fingerprint density at radius 1 is 0.600 bits per heavy atom. The monoisotopic (exact) mass is 504 g/mol. The van der Waals surface area contributed by atoms with Gasteiger partial charge in [0.25, 0.3) is 0 Å². The first-order valence-corrected chi connectivity index (χ1v) is 11.2. The Kier molecular flexibility index (Phi) is 15.6. The van der Waals surface area contributed by atoms with Crippen molar-refractivity contribution >= 4 is 35.6 Å². The van der Waals surface area contributed by atoms with E-state index in [2.05, 4.69) is 16.0 Å². The number of hydrogen-bond acceptors (Lipinski definition) is 9. The Morgan fingerprint density at radius 2 is 1.00 bits per heavy atom. The second-order valence-electron chi connectivity index (χ2n) is 7.89. The van der Waals surface area contributed by atoms with Crippen molar-refractivity contribution in [3.05, 3.63) is 0 Å². The summed E-state index contributed by atoms with van der Waals surface area (Å²) >= 11 is 0. The van der Waals surface area contributed by atoms with Gasteiger partial charge in [0.1, 0.15) is 18.1 Å². The maximum absolute atomic E-state index is 12.7. The fraction of sp³-hybridized carbons (Fsp3) is 0.700. The maximum atomic E-state index is 12.7. The minimum Gasteiger partial charge on any atom is -0.481 e. The molecule has 3 amide bonds. The van der Waals surface area contributed by atoms with Crippen molar-refractivity contribution in [2.45, 2.75) is 75.5 Å². The molecule has 0 aromatic carbocycles. The molecule has 0 aliphatic carbocycles. The van der Waals surface area contributed by atoms with Gasteiger partial charge in [0.05, 0.1) is 18.9 Å². The van der Waals surface area contributed by atoms with E-state index >= 15 is 0 Å². The molecule has 0 heterocycles. The van der Waals surface area contributed by atoms with Crippen molar-refractivity contribution in [3.63, 3.8) is 0 Å². The van der Waals surface area contributed by atoms with Gasteiger partial charge in [-0.25, -0.2) is 4.79 Å². The largest absolute Gasteiger partial charge is 0.481 e. The van der Waals surface area contributed by atoms with Gasteiger partial charge in [-0.2, -0.15) is 0 Å². The van der Waals surface area contributed by atoms with E-state index < -0.39 is 72.6 Å². The van der Waals surface area contributed by atoms with Gasteiger partial charge >= 0.3 is 17.9 Å². The third-order valence-corrected chi connectivity index (χ3v) is 4.89. The topological polar surface area (TPSA) is 277 Å². The van der Waals surface area contributed by atoms with Crippen LogP contribution in [0.2, 0.25) is 0 Å². The van der Waals surface area contributed by atoms with Crippen LogP contribution < -0.4 is 33.2 Å². The Morgan fingerprint density at radius 3 is 1.40 bits per heavy atom.